The van der Waals surface area contributed by atoms with Crippen molar-refractivity contribution in [3.05, 3.63) is 0 Å². The van der Waals surface area contributed by atoms with Crippen LogP contribution in [0.5, 0.6) is 0 Å². The Bertz CT molecular complexity index is 188. The Balaban J connectivity index is 3.36. The van der Waals surface area contributed by atoms with E-state index in [2.05, 4.69) is 10.6 Å². The molecule has 0 spiro atoms. The molecule has 3 N–H and O–H groups in total. The lowest BCUT2D eigenvalue weighted by molar-refractivity contribution is -0.120. The van der Waals surface area contributed by atoms with Crippen LogP contribution >= 0.6 is 0 Å². The summed E-state index contributed by atoms with van der Waals surface area (Å²) >= 11 is 0. The van der Waals surface area contributed by atoms with Crippen LogP contribution in [0.2, 0.25) is 0 Å². The largest absolute Gasteiger partial charge is 0.395 e. The van der Waals surface area contributed by atoms with E-state index >= 15 is 0 Å². The summed E-state index contributed by atoms with van der Waals surface area (Å²) in [4.78, 5) is 11.0. The average Bonchev–Trinajstić information content (AvgIpc) is 2.14. The Kier molecular flexibility index (Phi) is 6.88. The Morgan fingerprint density at radius 2 is 2.38 bits per heavy atom. The van der Waals surface area contributed by atoms with Gasteiger partial charge in [-0.2, -0.15) is 5.26 Å². The maximum atomic E-state index is 11.0. The Morgan fingerprint density at radius 1 is 1.69 bits per heavy atom. The van der Waals surface area contributed by atoms with Crippen LogP contribution in [0.4, 0.5) is 0 Å². The molecule has 1 unspecified atom stereocenters. The number of hydrogen-bond donors (Lipinski definition) is 3. The van der Waals surface area contributed by atoms with Gasteiger partial charge in [0.15, 0.2) is 0 Å². The lowest BCUT2D eigenvalue weighted by atomic mass is 10.3. The van der Waals surface area contributed by atoms with Crippen molar-refractivity contribution in [3.63, 3.8) is 0 Å². The summed E-state index contributed by atoms with van der Waals surface area (Å²) in [6.45, 7) is 2.34. The summed E-state index contributed by atoms with van der Waals surface area (Å²) in [5.74, 6) is -0.157. The van der Waals surface area contributed by atoms with Crippen molar-refractivity contribution in [2.24, 2.45) is 0 Å². The minimum absolute atomic E-state index is 0.00543. The molecule has 74 valence electrons. The third-order valence-electron chi connectivity index (χ3n) is 1.44. The zero-order chi connectivity index (χ0) is 10.1. The van der Waals surface area contributed by atoms with Crippen LogP contribution in [0, 0.1) is 11.3 Å². The molecule has 1 amide bonds. The first-order valence-electron chi connectivity index (χ1n) is 4.18. The topological polar surface area (TPSA) is 85.2 Å². The zero-order valence-corrected chi connectivity index (χ0v) is 7.71. The molecule has 0 aromatic rings. The summed E-state index contributed by atoms with van der Waals surface area (Å²) in [5, 5.41) is 22.2. The van der Waals surface area contributed by atoms with Gasteiger partial charge in [-0.3, -0.25) is 4.79 Å². The smallest absolute Gasteiger partial charge is 0.234 e. The number of carbonyl (C=O) groups is 1. The van der Waals surface area contributed by atoms with Crippen LogP contribution in [0.1, 0.15) is 13.3 Å². The predicted octanol–water partition coefficient (Wildman–Crippen LogP) is -1.01. The van der Waals surface area contributed by atoms with Crippen LogP contribution in [0.15, 0.2) is 0 Å². The molecule has 0 saturated carbocycles. The number of rotatable bonds is 6. The highest BCUT2D eigenvalue weighted by Crippen LogP contribution is 1.77. The molecular formula is C8H15N3O2. The Labute approximate surface area is 77.7 Å². The van der Waals surface area contributed by atoms with Gasteiger partial charge in [-0.05, 0) is 6.92 Å². The van der Waals surface area contributed by atoms with Crippen LogP contribution in [0.3, 0.4) is 0 Å². The number of aliphatic hydroxyl groups is 1. The first-order valence-corrected chi connectivity index (χ1v) is 4.18. The second-order valence-corrected chi connectivity index (χ2v) is 2.72. The van der Waals surface area contributed by atoms with Crippen LogP contribution in [-0.4, -0.2) is 36.8 Å². The van der Waals surface area contributed by atoms with Crippen molar-refractivity contribution in [1.29, 1.82) is 5.26 Å². The van der Waals surface area contributed by atoms with E-state index in [4.69, 9.17) is 10.4 Å². The molecule has 0 heterocycles. The van der Waals surface area contributed by atoms with Gasteiger partial charge in [0.1, 0.15) is 0 Å². The molecular weight excluding hydrogens is 170 g/mol. The molecule has 0 aliphatic rings. The van der Waals surface area contributed by atoms with Crippen molar-refractivity contribution >= 4 is 5.91 Å². The van der Waals surface area contributed by atoms with E-state index in [1.807, 2.05) is 6.07 Å². The van der Waals surface area contributed by atoms with E-state index in [-0.39, 0.29) is 25.1 Å². The fourth-order valence-electron chi connectivity index (χ4n) is 0.652. The fourth-order valence-corrected chi connectivity index (χ4v) is 0.652. The third kappa shape index (κ3) is 7.25. The summed E-state index contributed by atoms with van der Waals surface area (Å²) in [6.07, 6.45) is 0.321. The highest BCUT2D eigenvalue weighted by molar-refractivity contribution is 5.77. The van der Waals surface area contributed by atoms with Crippen LogP contribution in [0.25, 0.3) is 0 Å². The lowest BCUT2D eigenvalue weighted by Gasteiger charge is -2.09. The van der Waals surface area contributed by atoms with E-state index in [9.17, 15) is 4.79 Å². The summed E-state index contributed by atoms with van der Waals surface area (Å²) in [6, 6.07) is 1.84. The lowest BCUT2D eigenvalue weighted by Crippen LogP contribution is -2.39. The molecule has 0 aromatic heterocycles. The molecule has 0 radical (unpaired) electrons. The summed E-state index contributed by atoms with van der Waals surface area (Å²) < 4.78 is 0. The minimum Gasteiger partial charge on any atom is -0.395 e. The standard InChI is InChI=1S/C8H15N3O2/c1-7(6-12)11-5-8(13)10-4-2-3-9/h7,11-12H,2,4-6H2,1H3,(H,10,13). The molecule has 13 heavy (non-hydrogen) atoms. The highest BCUT2D eigenvalue weighted by atomic mass is 16.3. The molecule has 0 bridgehead atoms. The van der Waals surface area contributed by atoms with E-state index < -0.39 is 0 Å². The molecule has 5 nitrogen and oxygen atoms in total. The van der Waals surface area contributed by atoms with Gasteiger partial charge < -0.3 is 15.7 Å². The fraction of sp³-hybridized carbons (Fsp3) is 0.750. The van der Waals surface area contributed by atoms with E-state index in [1.165, 1.54) is 0 Å². The molecule has 0 rings (SSSR count). The van der Waals surface area contributed by atoms with Gasteiger partial charge in [-0.15, -0.1) is 0 Å². The maximum absolute atomic E-state index is 11.0. The number of nitrogens with zero attached hydrogens (tertiary/aromatic N) is 1. The number of nitriles is 1. The van der Waals surface area contributed by atoms with Gasteiger partial charge in [0.05, 0.1) is 25.6 Å². The van der Waals surface area contributed by atoms with Gasteiger partial charge in [-0.1, -0.05) is 0 Å². The molecule has 0 fully saturated rings. The van der Waals surface area contributed by atoms with Gasteiger partial charge in [0.25, 0.3) is 0 Å². The summed E-state index contributed by atoms with van der Waals surface area (Å²) in [5.41, 5.74) is 0. The van der Waals surface area contributed by atoms with Crippen molar-refractivity contribution < 1.29 is 9.90 Å². The van der Waals surface area contributed by atoms with Gasteiger partial charge in [0, 0.05) is 12.6 Å². The first kappa shape index (κ1) is 11.9. The van der Waals surface area contributed by atoms with Crippen LogP contribution in [-0.2, 0) is 4.79 Å². The van der Waals surface area contributed by atoms with Crippen molar-refractivity contribution in [1.82, 2.24) is 10.6 Å². The van der Waals surface area contributed by atoms with E-state index in [0.29, 0.717) is 13.0 Å². The SMILES string of the molecule is CC(CO)NCC(=O)NCCC#N. The minimum atomic E-state index is -0.157. The third-order valence-corrected chi connectivity index (χ3v) is 1.44. The zero-order valence-electron chi connectivity index (χ0n) is 7.71. The molecule has 1 atom stereocenters. The monoisotopic (exact) mass is 185 g/mol. The van der Waals surface area contributed by atoms with Crippen molar-refractivity contribution in [2.45, 2.75) is 19.4 Å². The second-order valence-electron chi connectivity index (χ2n) is 2.72. The first-order chi connectivity index (χ1) is 6.20. The van der Waals surface area contributed by atoms with Gasteiger partial charge >= 0.3 is 0 Å². The van der Waals surface area contributed by atoms with Gasteiger partial charge in [0.2, 0.25) is 5.91 Å². The normalized spacial score (nSPS) is 11.8. The number of nitrogens with one attached hydrogen (secondary N) is 2. The Morgan fingerprint density at radius 3 is 2.92 bits per heavy atom. The van der Waals surface area contributed by atoms with Gasteiger partial charge in [-0.25, -0.2) is 0 Å². The van der Waals surface area contributed by atoms with Crippen molar-refractivity contribution in [3.8, 4) is 6.07 Å². The molecule has 0 saturated heterocycles. The molecule has 0 aliphatic carbocycles. The molecule has 5 heteroatoms. The highest BCUT2D eigenvalue weighted by Gasteiger charge is 2.02. The van der Waals surface area contributed by atoms with Crippen molar-refractivity contribution in [2.75, 3.05) is 19.7 Å². The van der Waals surface area contributed by atoms with E-state index in [0.717, 1.165) is 0 Å². The quantitative estimate of drug-likeness (QED) is 0.463. The van der Waals surface area contributed by atoms with E-state index in [1.54, 1.807) is 6.92 Å². The summed E-state index contributed by atoms with van der Waals surface area (Å²) in [7, 11) is 0. The predicted molar refractivity (Wildman–Crippen MR) is 47.8 cm³/mol. The maximum Gasteiger partial charge on any atom is 0.234 e. The molecule has 0 aliphatic heterocycles. The second kappa shape index (κ2) is 7.53. The average molecular weight is 185 g/mol. The number of carbonyl (C=O) groups excluding carboxylic acids is 1. The Hall–Kier alpha value is -1.12. The number of hydrogen-bond acceptors (Lipinski definition) is 4. The number of amides is 1. The van der Waals surface area contributed by atoms with Crippen LogP contribution < -0.4 is 10.6 Å². The number of aliphatic hydroxyl groups excluding tert-OH is 1. The molecule has 0 aromatic carbocycles.